The molecule has 1 aliphatic rings. The lowest BCUT2D eigenvalue weighted by atomic mass is 10.0. The first-order chi connectivity index (χ1) is 17.2. The first-order valence-electron chi connectivity index (χ1n) is 12.4. The van der Waals surface area contributed by atoms with Crippen molar-refractivity contribution in [2.75, 3.05) is 20.2 Å². The van der Waals surface area contributed by atoms with Crippen molar-refractivity contribution in [2.24, 2.45) is 0 Å². The number of H-pyrrole nitrogens is 1. The van der Waals surface area contributed by atoms with E-state index >= 15 is 0 Å². The Kier molecular flexibility index (Phi) is 6.90. The summed E-state index contributed by atoms with van der Waals surface area (Å²) in [5, 5.41) is 13.9. The van der Waals surface area contributed by atoms with Gasteiger partial charge in [-0.05, 0) is 89.6 Å². The maximum absolute atomic E-state index is 13.4. The zero-order chi connectivity index (χ0) is 24.2. The summed E-state index contributed by atoms with van der Waals surface area (Å²) in [6.07, 6.45) is 5.55. The van der Waals surface area contributed by atoms with Crippen LogP contribution in [0, 0.1) is 0 Å². The molecule has 3 heterocycles. The van der Waals surface area contributed by atoms with Crippen LogP contribution in [0.3, 0.4) is 0 Å². The van der Waals surface area contributed by atoms with Crippen LogP contribution >= 0.6 is 0 Å². The largest absolute Gasteiger partial charge is 0.497 e. The van der Waals surface area contributed by atoms with Gasteiger partial charge >= 0.3 is 0 Å². The highest BCUT2D eigenvalue weighted by Crippen LogP contribution is 2.29. The van der Waals surface area contributed by atoms with Gasteiger partial charge in [0, 0.05) is 11.1 Å². The first kappa shape index (κ1) is 23.2. The number of pyridine rings is 1. The number of fused-ring (bicyclic) bond motifs is 1. The third-order valence-corrected chi connectivity index (χ3v) is 6.94. The van der Waals surface area contributed by atoms with Crippen molar-refractivity contribution in [1.29, 1.82) is 0 Å². The minimum atomic E-state index is -0.320. The molecule has 0 aliphatic carbocycles. The third kappa shape index (κ3) is 4.98. The van der Waals surface area contributed by atoms with Gasteiger partial charge in [-0.3, -0.25) is 9.69 Å². The Morgan fingerprint density at radius 3 is 2.46 bits per heavy atom. The molecule has 1 unspecified atom stereocenters. The quantitative estimate of drug-likeness (QED) is 0.436. The Morgan fingerprint density at radius 1 is 1.00 bits per heavy atom. The molecule has 0 bridgehead atoms. The number of benzene rings is 2. The number of likely N-dealkylation sites (tertiary alicyclic amines) is 1. The number of nitrogens with zero attached hydrogens (tertiary/aromatic N) is 5. The van der Waals surface area contributed by atoms with Crippen LogP contribution in [0.25, 0.3) is 10.9 Å². The zero-order valence-electron chi connectivity index (χ0n) is 20.4. The molecule has 0 radical (unpaired) electrons. The summed E-state index contributed by atoms with van der Waals surface area (Å²) < 4.78 is 7.11. The van der Waals surface area contributed by atoms with E-state index in [0.717, 1.165) is 54.6 Å². The monoisotopic (exact) mass is 472 g/mol. The van der Waals surface area contributed by atoms with E-state index in [9.17, 15) is 4.79 Å². The van der Waals surface area contributed by atoms with Crippen LogP contribution in [0.1, 0.15) is 61.2 Å². The van der Waals surface area contributed by atoms with E-state index in [4.69, 9.17) is 4.74 Å². The van der Waals surface area contributed by atoms with E-state index in [1.54, 1.807) is 7.11 Å². The molecule has 5 rings (SSSR count). The fourth-order valence-electron chi connectivity index (χ4n) is 4.97. The lowest BCUT2D eigenvalue weighted by molar-refractivity contribution is 0.220. The minimum absolute atomic E-state index is 0.0880. The fourth-order valence-corrected chi connectivity index (χ4v) is 4.97. The van der Waals surface area contributed by atoms with E-state index < -0.39 is 0 Å². The van der Waals surface area contributed by atoms with Crippen molar-refractivity contribution in [3.63, 3.8) is 0 Å². The molecule has 1 fully saturated rings. The van der Waals surface area contributed by atoms with E-state index in [1.165, 1.54) is 18.4 Å². The summed E-state index contributed by atoms with van der Waals surface area (Å²) in [6, 6.07) is 15.8. The molecule has 182 valence electrons. The van der Waals surface area contributed by atoms with Gasteiger partial charge in [-0.15, -0.1) is 5.10 Å². The lowest BCUT2D eigenvalue weighted by Crippen LogP contribution is -2.36. The predicted octanol–water partition coefficient (Wildman–Crippen LogP) is 4.10. The fraction of sp³-hybridized carbons (Fsp3) is 0.407. The summed E-state index contributed by atoms with van der Waals surface area (Å²) in [5.41, 5.74) is 3.76. The summed E-state index contributed by atoms with van der Waals surface area (Å²) in [6.45, 7) is 4.47. The molecule has 1 saturated heterocycles. The molecule has 0 spiro atoms. The van der Waals surface area contributed by atoms with Gasteiger partial charge in [0.1, 0.15) is 11.8 Å². The molecule has 8 heteroatoms. The maximum atomic E-state index is 13.4. The van der Waals surface area contributed by atoms with Crippen LogP contribution in [0.2, 0.25) is 0 Å². The van der Waals surface area contributed by atoms with Crippen molar-refractivity contribution in [3.05, 3.63) is 81.4 Å². The number of rotatable bonds is 7. The number of nitrogens with one attached hydrogen (secondary N) is 1. The Morgan fingerprint density at radius 2 is 1.74 bits per heavy atom. The van der Waals surface area contributed by atoms with Crippen molar-refractivity contribution < 1.29 is 4.74 Å². The van der Waals surface area contributed by atoms with Crippen LogP contribution in [0.4, 0.5) is 0 Å². The van der Waals surface area contributed by atoms with Gasteiger partial charge < -0.3 is 9.72 Å². The zero-order valence-corrected chi connectivity index (χ0v) is 20.4. The Hall–Kier alpha value is -3.52. The number of hydrogen-bond acceptors (Lipinski definition) is 6. The van der Waals surface area contributed by atoms with Crippen molar-refractivity contribution >= 4 is 10.9 Å². The van der Waals surface area contributed by atoms with E-state index in [1.807, 2.05) is 41.1 Å². The van der Waals surface area contributed by atoms with Gasteiger partial charge in [0.15, 0.2) is 5.82 Å². The minimum Gasteiger partial charge on any atom is -0.497 e. The predicted molar refractivity (Wildman–Crippen MR) is 136 cm³/mol. The van der Waals surface area contributed by atoms with Gasteiger partial charge in [-0.2, -0.15) is 0 Å². The molecule has 1 aliphatic heterocycles. The van der Waals surface area contributed by atoms with Crippen molar-refractivity contribution in [1.82, 2.24) is 30.1 Å². The number of hydrogen-bond donors (Lipinski definition) is 1. The Bertz CT molecular complexity index is 1340. The number of aryl methyl sites for hydroxylation is 1. The number of aromatic nitrogens is 5. The number of ether oxygens (including phenoxy) is 1. The second-order valence-corrected chi connectivity index (χ2v) is 9.22. The molecular weight excluding hydrogens is 440 g/mol. The van der Waals surface area contributed by atoms with Gasteiger partial charge in [0.05, 0.1) is 13.7 Å². The second-order valence-electron chi connectivity index (χ2n) is 9.22. The van der Waals surface area contributed by atoms with Gasteiger partial charge in [0.2, 0.25) is 0 Å². The Balaban J connectivity index is 1.59. The summed E-state index contributed by atoms with van der Waals surface area (Å²) in [7, 11) is 1.66. The molecular formula is C27H32N6O2. The van der Waals surface area contributed by atoms with Gasteiger partial charge in [0.25, 0.3) is 5.56 Å². The van der Waals surface area contributed by atoms with Crippen LogP contribution in [0.15, 0.2) is 53.3 Å². The molecule has 4 aromatic rings. The lowest BCUT2D eigenvalue weighted by Gasteiger charge is -2.29. The van der Waals surface area contributed by atoms with Gasteiger partial charge in [-0.25, -0.2) is 4.68 Å². The normalized spacial score (nSPS) is 15.7. The maximum Gasteiger partial charge on any atom is 0.253 e. The topological polar surface area (TPSA) is 88.9 Å². The third-order valence-electron chi connectivity index (χ3n) is 6.94. The van der Waals surface area contributed by atoms with E-state index in [-0.39, 0.29) is 11.6 Å². The average Bonchev–Trinajstić information content (AvgIpc) is 3.16. The van der Waals surface area contributed by atoms with E-state index in [0.29, 0.717) is 17.9 Å². The highest BCUT2D eigenvalue weighted by Gasteiger charge is 2.31. The molecule has 8 nitrogen and oxygen atoms in total. The highest BCUT2D eigenvalue weighted by atomic mass is 16.5. The van der Waals surface area contributed by atoms with Crippen LogP contribution in [-0.4, -0.2) is 50.3 Å². The van der Waals surface area contributed by atoms with Crippen LogP contribution < -0.4 is 10.3 Å². The highest BCUT2D eigenvalue weighted by molar-refractivity contribution is 5.80. The smallest absolute Gasteiger partial charge is 0.253 e. The van der Waals surface area contributed by atoms with E-state index in [2.05, 4.69) is 44.5 Å². The van der Waals surface area contributed by atoms with Gasteiger partial charge in [-0.1, -0.05) is 38.0 Å². The first-order valence-corrected chi connectivity index (χ1v) is 12.4. The summed E-state index contributed by atoms with van der Waals surface area (Å²) in [5.74, 6) is 1.50. The molecule has 2 aromatic heterocycles. The molecule has 0 saturated carbocycles. The molecule has 2 aromatic carbocycles. The molecule has 35 heavy (non-hydrogen) atoms. The molecule has 1 atom stereocenters. The number of tetrazole rings is 1. The molecule has 1 N–H and O–H groups in total. The molecule has 0 amide bonds. The SMILES string of the molecule is CCc1ccc2[nH]c(=O)c(C(c3nnnn3Cc3ccc(OC)cc3)N3CCCCCC3)cc2c1. The summed E-state index contributed by atoms with van der Waals surface area (Å²) >= 11 is 0. The second kappa shape index (κ2) is 10.4. The van der Waals surface area contributed by atoms with Crippen LogP contribution in [-0.2, 0) is 13.0 Å². The summed E-state index contributed by atoms with van der Waals surface area (Å²) in [4.78, 5) is 18.9. The standard InChI is InChI=1S/C27H32N6O2/c1-3-19-10-13-24-21(16-19)17-23(27(34)28-24)25(32-14-6-4-5-7-15-32)26-29-30-31-33(26)18-20-8-11-22(35-2)12-9-20/h8-13,16-17,25H,3-7,14-15,18H2,1-2H3,(H,28,34). The van der Waals surface area contributed by atoms with Crippen LogP contribution in [0.5, 0.6) is 5.75 Å². The van der Waals surface area contributed by atoms with Crippen molar-refractivity contribution in [2.45, 2.75) is 51.6 Å². The number of aromatic amines is 1. The number of methoxy groups -OCH3 is 1. The van der Waals surface area contributed by atoms with Crippen molar-refractivity contribution in [3.8, 4) is 5.75 Å². The Labute approximate surface area is 204 Å². The average molecular weight is 473 g/mol.